The predicted molar refractivity (Wildman–Crippen MR) is 91.7 cm³/mol. The van der Waals surface area contributed by atoms with Gasteiger partial charge in [-0.25, -0.2) is 13.2 Å². The fourth-order valence-electron chi connectivity index (χ4n) is 3.16. The van der Waals surface area contributed by atoms with E-state index in [0.29, 0.717) is 5.56 Å². The van der Waals surface area contributed by atoms with E-state index in [1.807, 2.05) is 0 Å². The first-order valence-electron chi connectivity index (χ1n) is 8.58. The van der Waals surface area contributed by atoms with Crippen LogP contribution in [0.1, 0.15) is 5.56 Å². The highest BCUT2D eigenvalue weighted by Crippen LogP contribution is 2.42. The van der Waals surface area contributed by atoms with Gasteiger partial charge in [-0.3, -0.25) is 14.5 Å². The standard InChI is InChI=1S/C17H12F6N2O6S/c18-16(19,20)9-7-32(29,30)13-10(24-15(28)17(21,22)23)12(26)25(13)11(9)14(27)31-6-8-4-2-1-3-5-8/h1-5,10,13H,6-7H2,(H,24,28)/t10-,13?/m1/s1. The molecule has 8 nitrogen and oxygen atoms in total. The number of fused-ring (bicyclic) bond motifs is 1. The molecule has 1 aromatic carbocycles. The molecule has 2 heterocycles. The van der Waals surface area contributed by atoms with E-state index in [1.54, 1.807) is 18.2 Å². The van der Waals surface area contributed by atoms with Crippen LogP contribution in [-0.2, 0) is 35.6 Å². The summed E-state index contributed by atoms with van der Waals surface area (Å²) in [7, 11) is -4.93. The largest absolute Gasteiger partial charge is 0.471 e. The number of amides is 2. The van der Waals surface area contributed by atoms with Crippen molar-refractivity contribution in [2.75, 3.05) is 5.75 Å². The average Bonchev–Trinajstić information content (AvgIpc) is 2.68. The van der Waals surface area contributed by atoms with Crippen molar-refractivity contribution >= 4 is 27.6 Å². The Morgan fingerprint density at radius 1 is 1.09 bits per heavy atom. The van der Waals surface area contributed by atoms with Gasteiger partial charge in [0.1, 0.15) is 18.3 Å². The highest BCUT2D eigenvalue weighted by atomic mass is 32.2. The lowest BCUT2D eigenvalue weighted by Gasteiger charge is -2.49. The zero-order chi connectivity index (χ0) is 24.1. The van der Waals surface area contributed by atoms with E-state index in [9.17, 15) is 49.1 Å². The molecule has 2 aliphatic heterocycles. The van der Waals surface area contributed by atoms with Crippen LogP contribution < -0.4 is 5.32 Å². The number of carbonyl (C=O) groups excluding carboxylic acids is 3. The number of esters is 1. The molecule has 32 heavy (non-hydrogen) atoms. The Morgan fingerprint density at radius 2 is 1.69 bits per heavy atom. The van der Waals surface area contributed by atoms with Gasteiger partial charge in [0.05, 0.1) is 11.3 Å². The summed E-state index contributed by atoms with van der Waals surface area (Å²) in [6.45, 7) is -0.526. The van der Waals surface area contributed by atoms with Crippen LogP contribution in [0.3, 0.4) is 0 Å². The van der Waals surface area contributed by atoms with Gasteiger partial charge in [-0.1, -0.05) is 30.3 Å². The van der Waals surface area contributed by atoms with Crippen molar-refractivity contribution in [1.82, 2.24) is 10.2 Å². The topological polar surface area (TPSA) is 110 Å². The van der Waals surface area contributed by atoms with Crippen LogP contribution in [-0.4, -0.2) is 60.6 Å². The van der Waals surface area contributed by atoms with E-state index in [2.05, 4.69) is 0 Å². The normalized spacial score (nSPS) is 22.7. The number of ether oxygens (including phenoxy) is 1. The molecule has 15 heteroatoms. The van der Waals surface area contributed by atoms with Gasteiger partial charge in [-0.2, -0.15) is 26.3 Å². The summed E-state index contributed by atoms with van der Waals surface area (Å²) in [5, 5.41) is -1.19. The lowest BCUT2D eigenvalue weighted by Crippen LogP contribution is -2.75. The van der Waals surface area contributed by atoms with Gasteiger partial charge in [0.2, 0.25) is 0 Å². The molecule has 0 saturated carbocycles. The number of nitrogens with zero attached hydrogens (tertiary/aromatic N) is 1. The third-order valence-corrected chi connectivity index (χ3v) is 6.49. The Kier molecular flexibility index (Phi) is 5.74. The monoisotopic (exact) mass is 486 g/mol. The Hall–Kier alpha value is -3.10. The Morgan fingerprint density at radius 3 is 2.22 bits per heavy atom. The smallest absolute Gasteiger partial charge is 0.456 e. The molecule has 1 unspecified atom stereocenters. The second kappa shape index (κ2) is 7.79. The highest BCUT2D eigenvalue weighted by molar-refractivity contribution is 7.92. The van der Waals surface area contributed by atoms with E-state index in [-0.39, 0.29) is 4.90 Å². The van der Waals surface area contributed by atoms with Crippen molar-refractivity contribution in [3.8, 4) is 0 Å². The molecular formula is C17H12F6N2O6S. The minimum atomic E-state index is -5.48. The Labute approximate surface area is 175 Å². The molecule has 2 atom stereocenters. The second-order valence-corrected chi connectivity index (χ2v) is 8.84. The lowest BCUT2D eigenvalue weighted by atomic mass is 10.0. The molecule has 0 spiro atoms. The summed E-state index contributed by atoms with van der Waals surface area (Å²) in [6, 6.07) is 5.32. The molecule has 0 bridgehead atoms. The van der Waals surface area contributed by atoms with E-state index in [0.717, 1.165) is 5.32 Å². The number of hydrogen-bond acceptors (Lipinski definition) is 6. The van der Waals surface area contributed by atoms with Crippen LogP contribution in [0.2, 0.25) is 0 Å². The van der Waals surface area contributed by atoms with Crippen LogP contribution in [0.15, 0.2) is 41.6 Å². The maximum atomic E-state index is 13.5. The van der Waals surface area contributed by atoms with Gasteiger partial charge in [0.15, 0.2) is 15.2 Å². The van der Waals surface area contributed by atoms with Crippen LogP contribution in [0, 0.1) is 0 Å². The molecule has 2 amide bonds. The van der Waals surface area contributed by atoms with Crippen molar-refractivity contribution < 1.29 is 53.9 Å². The summed E-state index contributed by atoms with van der Waals surface area (Å²) in [6.07, 6.45) is -10.9. The molecule has 0 radical (unpaired) electrons. The van der Waals surface area contributed by atoms with Crippen molar-refractivity contribution in [2.24, 2.45) is 0 Å². The number of carbonyl (C=O) groups is 3. The number of rotatable bonds is 4. The molecule has 1 fully saturated rings. The van der Waals surface area contributed by atoms with E-state index >= 15 is 0 Å². The van der Waals surface area contributed by atoms with Crippen molar-refractivity contribution in [3.05, 3.63) is 47.2 Å². The second-order valence-electron chi connectivity index (χ2n) is 6.74. The zero-order valence-electron chi connectivity index (χ0n) is 15.5. The summed E-state index contributed by atoms with van der Waals surface area (Å²) >= 11 is 0. The third-order valence-electron chi connectivity index (χ3n) is 4.58. The molecule has 2 aliphatic rings. The number of hydrogen-bond donors (Lipinski definition) is 1. The van der Waals surface area contributed by atoms with E-state index in [1.165, 1.54) is 12.1 Å². The maximum absolute atomic E-state index is 13.5. The van der Waals surface area contributed by atoms with Gasteiger partial charge in [0.25, 0.3) is 5.91 Å². The summed E-state index contributed by atoms with van der Waals surface area (Å²) in [5.74, 6) is -7.79. The van der Waals surface area contributed by atoms with Gasteiger partial charge in [-0.05, 0) is 5.56 Å². The van der Waals surface area contributed by atoms with Crippen LogP contribution in [0.25, 0.3) is 0 Å². The molecule has 1 saturated heterocycles. The van der Waals surface area contributed by atoms with Crippen molar-refractivity contribution in [1.29, 1.82) is 0 Å². The van der Waals surface area contributed by atoms with Gasteiger partial charge in [-0.15, -0.1) is 0 Å². The number of alkyl halides is 6. The summed E-state index contributed by atoms with van der Waals surface area (Å²) < 4.78 is 107. The number of nitrogens with one attached hydrogen (secondary N) is 1. The van der Waals surface area contributed by atoms with Gasteiger partial charge >= 0.3 is 24.2 Å². The quantitative estimate of drug-likeness (QED) is 0.389. The Balaban J connectivity index is 1.96. The highest BCUT2D eigenvalue weighted by Gasteiger charge is 2.64. The molecule has 1 aromatic rings. The van der Waals surface area contributed by atoms with Crippen molar-refractivity contribution in [3.63, 3.8) is 0 Å². The van der Waals surface area contributed by atoms with Crippen LogP contribution in [0.4, 0.5) is 26.3 Å². The predicted octanol–water partition coefficient (Wildman–Crippen LogP) is 1.19. The van der Waals surface area contributed by atoms with E-state index < -0.39 is 75.0 Å². The van der Waals surface area contributed by atoms with Crippen LogP contribution >= 0.6 is 0 Å². The molecule has 0 aromatic heterocycles. The van der Waals surface area contributed by atoms with Gasteiger partial charge < -0.3 is 10.1 Å². The minimum Gasteiger partial charge on any atom is -0.456 e. The number of halogens is 6. The molecule has 3 rings (SSSR count). The number of benzene rings is 1. The average molecular weight is 486 g/mol. The Bertz CT molecular complexity index is 1100. The molecule has 0 aliphatic carbocycles. The minimum absolute atomic E-state index is 0.101. The zero-order valence-corrected chi connectivity index (χ0v) is 16.3. The first-order valence-corrected chi connectivity index (χ1v) is 10.3. The maximum Gasteiger partial charge on any atom is 0.471 e. The molecule has 1 N–H and O–H groups in total. The van der Waals surface area contributed by atoms with Crippen molar-refractivity contribution in [2.45, 2.75) is 30.4 Å². The fourth-order valence-corrected chi connectivity index (χ4v) is 5.16. The molecular weight excluding hydrogens is 474 g/mol. The number of β-lactam (4-membered cyclic amide) rings is 1. The fraction of sp³-hybridized carbons (Fsp3) is 0.353. The van der Waals surface area contributed by atoms with Gasteiger partial charge in [0, 0.05) is 0 Å². The van der Waals surface area contributed by atoms with E-state index in [4.69, 9.17) is 4.74 Å². The first-order chi connectivity index (χ1) is 14.6. The lowest BCUT2D eigenvalue weighted by molar-refractivity contribution is -0.177. The molecule has 174 valence electrons. The SMILES string of the molecule is O=C(OCc1ccccc1)C1=C(C(F)(F)F)CS(=O)(=O)C2[C@H](NC(=O)C(F)(F)F)C(=O)N12. The first kappa shape index (κ1) is 23.6. The summed E-state index contributed by atoms with van der Waals surface area (Å²) in [4.78, 5) is 35.7. The summed E-state index contributed by atoms with van der Waals surface area (Å²) in [5.41, 5.74) is -2.99. The van der Waals surface area contributed by atoms with Crippen LogP contribution in [0.5, 0.6) is 0 Å². The third kappa shape index (κ3) is 4.28. The number of sulfone groups is 1.